The Morgan fingerprint density at radius 1 is 1.15 bits per heavy atom. The normalized spacial score (nSPS) is 12.0. The number of carbonyl (C=O) groups excluding carboxylic acids is 1. The lowest BCUT2D eigenvalue weighted by Crippen LogP contribution is -2.26. The summed E-state index contributed by atoms with van der Waals surface area (Å²) < 4.78 is 30.8. The van der Waals surface area contributed by atoms with Crippen molar-refractivity contribution in [2.24, 2.45) is 0 Å². The van der Waals surface area contributed by atoms with Gasteiger partial charge in [-0.15, -0.1) is 0 Å². The highest BCUT2D eigenvalue weighted by Crippen LogP contribution is 2.45. The van der Waals surface area contributed by atoms with Crippen molar-refractivity contribution in [1.82, 2.24) is 20.3 Å². The van der Waals surface area contributed by atoms with Gasteiger partial charge in [-0.05, 0) is 73.8 Å². The Balaban J connectivity index is 1.40. The number of nitrogens with zero attached hydrogens (tertiary/aromatic N) is 2. The molecule has 2 aromatic carbocycles. The Hall–Kier alpha value is -3.03. The summed E-state index contributed by atoms with van der Waals surface area (Å²) in [6.07, 6.45) is 3.32. The number of amides is 1. The Morgan fingerprint density at radius 2 is 1.94 bits per heavy atom. The quantitative estimate of drug-likeness (QED) is 0.195. The lowest BCUT2D eigenvalue weighted by atomic mass is 10.1. The molecule has 10 heteroatoms. The summed E-state index contributed by atoms with van der Waals surface area (Å²) in [6.45, 7) is 4.88. The second kappa shape index (κ2) is 10.9. The Labute approximate surface area is 201 Å². The molecule has 2 heterocycles. The minimum Gasteiger partial charge on any atom is -0.352 e. The third-order valence-corrected chi connectivity index (χ3v) is 8.75. The SMILES string of the molecule is CCP(C)SNc1ccc(CCNC(=O)c2ccnc3nc(-c4ccc(F)cc4F)[nH]c23)cc1. The van der Waals surface area contributed by atoms with E-state index in [1.54, 1.807) is 17.6 Å². The van der Waals surface area contributed by atoms with Gasteiger partial charge in [-0.25, -0.2) is 18.7 Å². The van der Waals surface area contributed by atoms with Gasteiger partial charge in [-0.1, -0.05) is 19.1 Å². The molecule has 1 amide bonds. The first-order valence-corrected chi connectivity index (χ1v) is 14.2. The first-order valence-electron chi connectivity index (χ1n) is 10.8. The van der Waals surface area contributed by atoms with Gasteiger partial charge < -0.3 is 15.0 Å². The molecule has 0 saturated carbocycles. The van der Waals surface area contributed by atoms with Crippen LogP contribution in [-0.4, -0.2) is 40.2 Å². The second-order valence-electron chi connectivity index (χ2n) is 7.61. The standard InChI is InChI=1S/C24H24F2N5OPS/c1-3-33(2)34-31-17-7-4-15(5-8-17)10-12-28-24(32)19-11-13-27-23-21(19)29-22(30-23)18-9-6-16(25)14-20(18)26/h4-9,11,13-14,31H,3,10,12H2,1-2H3,(H,28,32)(H,27,29,30). The maximum absolute atomic E-state index is 14.2. The molecule has 4 aromatic rings. The number of benzene rings is 2. The van der Waals surface area contributed by atoms with E-state index in [-0.39, 0.29) is 30.1 Å². The molecular weight excluding hydrogens is 475 g/mol. The predicted octanol–water partition coefficient (Wildman–Crippen LogP) is 5.98. The predicted molar refractivity (Wildman–Crippen MR) is 136 cm³/mol. The Morgan fingerprint density at radius 3 is 2.68 bits per heavy atom. The number of anilines is 1. The van der Waals surface area contributed by atoms with Crippen LogP contribution < -0.4 is 10.0 Å². The van der Waals surface area contributed by atoms with Crippen LogP contribution in [0.15, 0.2) is 54.7 Å². The van der Waals surface area contributed by atoms with Crippen LogP contribution in [0, 0.1) is 11.6 Å². The van der Waals surface area contributed by atoms with Gasteiger partial charge in [-0.3, -0.25) is 4.79 Å². The smallest absolute Gasteiger partial charge is 0.253 e. The summed E-state index contributed by atoms with van der Waals surface area (Å²) in [4.78, 5) is 24.2. The van der Waals surface area contributed by atoms with Crippen molar-refractivity contribution in [1.29, 1.82) is 0 Å². The van der Waals surface area contributed by atoms with Crippen LogP contribution in [0.4, 0.5) is 14.5 Å². The number of hydrogen-bond donors (Lipinski definition) is 3. The highest BCUT2D eigenvalue weighted by Gasteiger charge is 2.17. The van der Waals surface area contributed by atoms with Crippen molar-refractivity contribution < 1.29 is 13.6 Å². The molecule has 176 valence electrons. The fourth-order valence-electron chi connectivity index (χ4n) is 3.26. The summed E-state index contributed by atoms with van der Waals surface area (Å²) in [5.74, 6) is -1.52. The molecule has 6 nitrogen and oxygen atoms in total. The largest absolute Gasteiger partial charge is 0.352 e. The molecule has 0 radical (unpaired) electrons. The van der Waals surface area contributed by atoms with Crippen molar-refractivity contribution in [2.45, 2.75) is 13.3 Å². The van der Waals surface area contributed by atoms with E-state index in [1.807, 2.05) is 24.3 Å². The van der Waals surface area contributed by atoms with Crippen molar-refractivity contribution in [2.75, 3.05) is 24.1 Å². The number of aromatic amines is 1. The molecule has 2 aromatic heterocycles. The minimum absolute atomic E-state index is 0.0634. The van der Waals surface area contributed by atoms with Crippen LogP contribution in [0.1, 0.15) is 22.8 Å². The highest BCUT2D eigenvalue weighted by atomic mass is 32.7. The molecule has 1 unspecified atom stereocenters. The molecule has 0 fully saturated rings. The van der Waals surface area contributed by atoms with Crippen LogP contribution in [-0.2, 0) is 6.42 Å². The third kappa shape index (κ3) is 5.72. The molecule has 34 heavy (non-hydrogen) atoms. The summed E-state index contributed by atoms with van der Waals surface area (Å²) in [5.41, 5.74) is 3.32. The minimum atomic E-state index is -0.745. The summed E-state index contributed by atoms with van der Waals surface area (Å²) in [6, 6.07) is 13.0. The van der Waals surface area contributed by atoms with Crippen LogP contribution in [0.2, 0.25) is 0 Å². The van der Waals surface area contributed by atoms with Gasteiger partial charge in [0.2, 0.25) is 0 Å². The molecule has 0 aliphatic rings. The van der Waals surface area contributed by atoms with Gasteiger partial charge in [-0.2, -0.15) is 0 Å². The number of pyridine rings is 1. The summed E-state index contributed by atoms with van der Waals surface area (Å²) in [5, 5.41) is 2.91. The first-order chi connectivity index (χ1) is 16.4. The van der Waals surface area contributed by atoms with E-state index < -0.39 is 11.6 Å². The lowest BCUT2D eigenvalue weighted by molar-refractivity contribution is 0.0955. The molecule has 0 aliphatic carbocycles. The molecule has 4 rings (SSSR count). The van der Waals surface area contributed by atoms with E-state index in [2.05, 4.69) is 38.6 Å². The van der Waals surface area contributed by atoms with E-state index in [1.165, 1.54) is 12.3 Å². The van der Waals surface area contributed by atoms with Gasteiger partial charge in [0.05, 0.1) is 16.6 Å². The zero-order valence-electron chi connectivity index (χ0n) is 18.7. The maximum atomic E-state index is 14.2. The molecule has 0 bridgehead atoms. The third-order valence-electron chi connectivity index (χ3n) is 5.24. The van der Waals surface area contributed by atoms with Gasteiger partial charge in [0.15, 0.2) is 5.65 Å². The number of nitrogens with one attached hydrogen (secondary N) is 3. The first kappa shape index (κ1) is 24.1. The number of imidazole rings is 1. The second-order valence-corrected chi connectivity index (χ2v) is 12.3. The van der Waals surface area contributed by atoms with Crippen LogP contribution in [0.25, 0.3) is 22.6 Å². The molecule has 3 N–H and O–H groups in total. The average Bonchev–Trinajstić information content (AvgIpc) is 3.27. The molecule has 0 aliphatic heterocycles. The number of halogens is 2. The van der Waals surface area contributed by atoms with Gasteiger partial charge in [0.1, 0.15) is 17.5 Å². The van der Waals surface area contributed by atoms with E-state index in [9.17, 15) is 13.6 Å². The molecular formula is C24H24F2N5OPS. The number of aromatic nitrogens is 3. The van der Waals surface area contributed by atoms with E-state index in [4.69, 9.17) is 0 Å². The Kier molecular flexibility index (Phi) is 7.75. The van der Waals surface area contributed by atoms with Gasteiger partial charge in [0, 0.05) is 24.5 Å². The van der Waals surface area contributed by atoms with Crippen molar-refractivity contribution in [3.63, 3.8) is 0 Å². The average molecular weight is 500 g/mol. The molecule has 0 saturated heterocycles. The van der Waals surface area contributed by atoms with Gasteiger partial charge >= 0.3 is 0 Å². The topological polar surface area (TPSA) is 82.7 Å². The van der Waals surface area contributed by atoms with Crippen molar-refractivity contribution in [3.05, 3.63) is 77.5 Å². The lowest BCUT2D eigenvalue weighted by Gasteiger charge is -2.11. The monoisotopic (exact) mass is 499 g/mol. The van der Waals surface area contributed by atoms with Gasteiger partial charge in [0.25, 0.3) is 5.91 Å². The highest BCUT2D eigenvalue weighted by molar-refractivity contribution is 8.56. The number of hydrogen-bond acceptors (Lipinski definition) is 5. The van der Waals surface area contributed by atoms with Crippen molar-refractivity contribution in [3.8, 4) is 11.4 Å². The van der Waals surface area contributed by atoms with E-state index >= 15 is 0 Å². The summed E-state index contributed by atoms with van der Waals surface area (Å²) >= 11 is 1.76. The van der Waals surface area contributed by atoms with Crippen LogP contribution in [0.5, 0.6) is 0 Å². The number of fused-ring (bicyclic) bond motifs is 1. The number of rotatable bonds is 9. The zero-order valence-corrected chi connectivity index (χ0v) is 20.4. The fourth-order valence-corrected chi connectivity index (χ4v) is 4.96. The zero-order chi connectivity index (χ0) is 24.1. The van der Waals surface area contributed by atoms with E-state index in [0.29, 0.717) is 24.0 Å². The number of carbonyl (C=O) groups is 1. The van der Waals surface area contributed by atoms with Crippen LogP contribution >= 0.6 is 18.7 Å². The molecule has 0 spiro atoms. The fraction of sp³-hybridized carbons (Fsp3) is 0.208. The summed E-state index contributed by atoms with van der Waals surface area (Å²) in [7, 11) is -0.0634. The number of H-pyrrole nitrogens is 1. The van der Waals surface area contributed by atoms with Crippen molar-refractivity contribution >= 4 is 41.4 Å². The molecule has 1 atom stereocenters. The van der Waals surface area contributed by atoms with E-state index in [0.717, 1.165) is 29.5 Å². The van der Waals surface area contributed by atoms with Crippen LogP contribution in [0.3, 0.4) is 0 Å². The Bertz CT molecular complexity index is 1300. The maximum Gasteiger partial charge on any atom is 0.253 e.